The number of carbonyl (C=O) groups excluding carboxylic acids is 2. The van der Waals surface area contributed by atoms with Crippen LogP contribution in [0.15, 0.2) is 58.8 Å². The Labute approximate surface area is 296 Å². The Morgan fingerprint density at radius 1 is 0.640 bits per heavy atom. The topological polar surface area (TPSA) is 169 Å². The molecule has 0 saturated carbocycles. The molecule has 0 bridgehead atoms. The van der Waals surface area contributed by atoms with Gasteiger partial charge >= 0.3 is 0 Å². The molecule has 6 N–H and O–H groups in total. The maximum atomic E-state index is 13.3. The van der Waals surface area contributed by atoms with Gasteiger partial charge in [0.05, 0.1) is 5.84 Å². The van der Waals surface area contributed by atoms with Crippen molar-refractivity contribution in [2.24, 2.45) is 27.2 Å². The second-order valence-electron chi connectivity index (χ2n) is 13.6. The van der Waals surface area contributed by atoms with Crippen LogP contribution in [0.1, 0.15) is 87.0 Å². The third-order valence-corrected chi connectivity index (χ3v) is 9.72. The molecule has 5 rings (SSSR count). The molecule has 0 atom stereocenters. The molecule has 11 heteroatoms. The van der Waals surface area contributed by atoms with Crippen molar-refractivity contribution in [1.82, 2.24) is 19.8 Å². The molecule has 3 heterocycles. The number of unbranched alkanes of at least 4 members (excludes halogenated alkanes) is 2. The van der Waals surface area contributed by atoms with Gasteiger partial charge in [-0.1, -0.05) is 36.4 Å². The average molecular weight is 680 g/mol. The van der Waals surface area contributed by atoms with E-state index in [1.165, 1.54) is 28.6 Å². The highest BCUT2D eigenvalue weighted by molar-refractivity contribution is 6.00. The fourth-order valence-electron chi connectivity index (χ4n) is 6.89. The van der Waals surface area contributed by atoms with Crippen LogP contribution >= 0.6 is 0 Å². The van der Waals surface area contributed by atoms with Gasteiger partial charge in [0.25, 0.3) is 0 Å². The molecule has 0 radical (unpaired) electrons. The van der Waals surface area contributed by atoms with E-state index < -0.39 is 0 Å². The Morgan fingerprint density at radius 3 is 1.56 bits per heavy atom. The summed E-state index contributed by atoms with van der Waals surface area (Å²) in [4.78, 5) is 48.6. The number of fused-ring (bicyclic) bond motifs is 2. The third-order valence-electron chi connectivity index (χ3n) is 9.72. The first kappa shape index (κ1) is 36.8. The lowest BCUT2D eigenvalue weighted by Crippen LogP contribution is -2.27. The Kier molecular flexibility index (Phi) is 13.6. The minimum absolute atomic E-state index is 0.113. The van der Waals surface area contributed by atoms with Crippen molar-refractivity contribution >= 4 is 23.4 Å². The van der Waals surface area contributed by atoms with Crippen molar-refractivity contribution < 1.29 is 9.59 Å². The Morgan fingerprint density at radius 2 is 1.10 bits per heavy atom. The van der Waals surface area contributed by atoms with Gasteiger partial charge in [-0.15, -0.1) is 0 Å². The number of Topliss-reactive ketones (excluding diaryl/α,β-unsaturated/α-hetero) is 2. The number of aliphatic imine (C=N–C) groups is 2. The number of hydrogen-bond acceptors (Lipinski definition) is 8. The van der Waals surface area contributed by atoms with E-state index in [-0.39, 0.29) is 41.8 Å². The first-order chi connectivity index (χ1) is 24.2. The number of ketones is 2. The summed E-state index contributed by atoms with van der Waals surface area (Å²) in [5, 5.41) is 0. The molecule has 0 fully saturated rings. The number of amidine groups is 1. The summed E-state index contributed by atoms with van der Waals surface area (Å²) >= 11 is 0. The number of carbonyl (C=O) groups is 2. The Hall–Kier alpha value is -4.48. The van der Waals surface area contributed by atoms with Crippen molar-refractivity contribution in [2.45, 2.75) is 71.1 Å². The lowest BCUT2D eigenvalue weighted by molar-refractivity contribution is 0.0987. The molecule has 0 saturated heterocycles. The van der Waals surface area contributed by atoms with Crippen molar-refractivity contribution in [1.29, 1.82) is 0 Å². The van der Waals surface area contributed by atoms with Crippen LogP contribution in [0.5, 0.6) is 0 Å². The second-order valence-corrected chi connectivity index (χ2v) is 13.6. The third kappa shape index (κ3) is 11.3. The van der Waals surface area contributed by atoms with Gasteiger partial charge in [0.2, 0.25) is 0 Å². The first-order valence-electron chi connectivity index (χ1n) is 18.1. The molecule has 266 valence electrons. The zero-order valence-electron chi connectivity index (χ0n) is 29.6. The van der Waals surface area contributed by atoms with Crippen LogP contribution in [0, 0.1) is 0 Å². The Balaban J connectivity index is 1.12. The van der Waals surface area contributed by atoms with E-state index in [1.54, 1.807) is 6.07 Å². The van der Waals surface area contributed by atoms with Gasteiger partial charge in [-0.3, -0.25) is 19.6 Å². The fraction of sp³-hybridized carbons (Fsp3) is 0.487. The van der Waals surface area contributed by atoms with E-state index in [1.807, 2.05) is 13.0 Å². The molecule has 1 aromatic heterocycles. The van der Waals surface area contributed by atoms with Gasteiger partial charge in [0.15, 0.2) is 17.5 Å². The summed E-state index contributed by atoms with van der Waals surface area (Å²) in [6, 6.07) is 14.3. The summed E-state index contributed by atoms with van der Waals surface area (Å²) in [7, 11) is 0. The number of nitrogens with zero attached hydrogens (tertiary/aromatic N) is 6. The molecular formula is C39H53N9O2. The number of nitrogens with two attached hydrogens (primary N) is 3. The number of aromatic nitrogens is 2. The van der Waals surface area contributed by atoms with Gasteiger partial charge in [0, 0.05) is 52.1 Å². The van der Waals surface area contributed by atoms with Crippen molar-refractivity contribution in [3.05, 3.63) is 93.6 Å². The molecule has 2 aliphatic rings. The fourth-order valence-corrected chi connectivity index (χ4v) is 6.89. The zero-order chi connectivity index (χ0) is 35.3. The summed E-state index contributed by atoms with van der Waals surface area (Å²) < 4.78 is 0. The van der Waals surface area contributed by atoms with Gasteiger partial charge in [-0.25, -0.2) is 9.97 Å². The normalized spacial score (nSPS) is 15.4. The monoisotopic (exact) mass is 679 g/mol. The van der Waals surface area contributed by atoms with Gasteiger partial charge < -0.3 is 27.0 Å². The minimum atomic E-state index is -0.116. The SMILES string of the molecule is CC(N)=NCCCCN1CCc2ccc(CC(=O)c3cc(C(=O)Cc4ccc5c(c4)CCN(CCCCN=C(N)N)CC5)ncn3)cc2CC1. The highest BCUT2D eigenvalue weighted by Crippen LogP contribution is 2.21. The molecule has 2 aliphatic heterocycles. The predicted molar refractivity (Wildman–Crippen MR) is 200 cm³/mol. The van der Waals surface area contributed by atoms with E-state index in [2.05, 4.69) is 60.1 Å². The van der Waals surface area contributed by atoms with Crippen LogP contribution in [0.4, 0.5) is 0 Å². The standard InChI is InChI=1S/C39H53N9O2/c1-28(40)43-14-2-4-16-47-18-10-31-8-6-29(22-33(31)12-20-47)24-37(49)35-26-36(46-27-45-35)38(50)25-30-7-9-32-11-19-48(21-13-34(32)23-30)17-5-3-15-44-39(41)42/h6-9,22-23,26-27H,2-5,10-21,24-25H2,1H3,(H2,40,43)(H4,41,42,44). The molecule has 3 aromatic rings. The second kappa shape index (κ2) is 18.5. The summed E-state index contributed by atoms with van der Waals surface area (Å²) in [5.74, 6) is 0.565. The van der Waals surface area contributed by atoms with Crippen LogP contribution in [-0.2, 0) is 38.5 Å². The quantitative estimate of drug-likeness (QED) is 0.0890. The average Bonchev–Trinajstić information content (AvgIpc) is 3.43. The van der Waals surface area contributed by atoms with Crippen LogP contribution in [-0.4, -0.2) is 95.5 Å². The van der Waals surface area contributed by atoms with Crippen molar-refractivity contribution in [2.75, 3.05) is 52.4 Å². The largest absolute Gasteiger partial charge is 0.388 e. The lowest BCUT2D eigenvalue weighted by atomic mass is 9.96. The van der Waals surface area contributed by atoms with Gasteiger partial charge in [-0.05, 0) is 111 Å². The van der Waals surface area contributed by atoms with Gasteiger partial charge in [0.1, 0.15) is 17.7 Å². The summed E-state index contributed by atoms with van der Waals surface area (Å²) in [6.45, 7) is 9.40. The first-order valence-corrected chi connectivity index (χ1v) is 18.1. The van der Waals surface area contributed by atoms with Crippen molar-refractivity contribution in [3.63, 3.8) is 0 Å². The minimum Gasteiger partial charge on any atom is -0.388 e. The Bertz CT molecular complexity index is 1560. The summed E-state index contributed by atoms with van der Waals surface area (Å²) in [6.07, 6.45) is 9.87. The smallest absolute Gasteiger partial charge is 0.185 e. The maximum Gasteiger partial charge on any atom is 0.185 e. The van der Waals surface area contributed by atoms with E-state index in [4.69, 9.17) is 17.2 Å². The molecule has 0 spiro atoms. The molecule has 2 aromatic carbocycles. The lowest BCUT2D eigenvalue weighted by Gasteiger charge is -2.19. The molecule has 0 amide bonds. The molecule has 11 nitrogen and oxygen atoms in total. The molecule has 50 heavy (non-hydrogen) atoms. The number of hydrogen-bond donors (Lipinski definition) is 3. The highest BCUT2D eigenvalue weighted by Gasteiger charge is 2.19. The van der Waals surface area contributed by atoms with E-state index >= 15 is 0 Å². The highest BCUT2D eigenvalue weighted by atomic mass is 16.1. The van der Waals surface area contributed by atoms with Crippen LogP contribution in [0.3, 0.4) is 0 Å². The molecule has 0 aliphatic carbocycles. The van der Waals surface area contributed by atoms with Crippen LogP contribution in [0.25, 0.3) is 0 Å². The maximum absolute atomic E-state index is 13.3. The number of guanidine groups is 1. The van der Waals surface area contributed by atoms with E-state index in [0.717, 1.165) is 108 Å². The van der Waals surface area contributed by atoms with Crippen LogP contribution in [0.2, 0.25) is 0 Å². The predicted octanol–water partition coefficient (Wildman–Crippen LogP) is 3.34. The molecule has 0 unspecified atom stereocenters. The van der Waals surface area contributed by atoms with Crippen LogP contribution < -0.4 is 17.2 Å². The number of rotatable bonds is 16. The zero-order valence-corrected chi connectivity index (χ0v) is 29.6. The molecular weight excluding hydrogens is 626 g/mol. The van der Waals surface area contributed by atoms with Crippen molar-refractivity contribution in [3.8, 4) is 0 Å². The van der Waals surface area contributed by atoms with E-state index in [0.29, 0.717) is 12.4 Å². The van der Waals surface area contributed by atoms with E-state index in [9.17, 15) is 9.59 Å². The van der Waals surface area contributed by atoms with Gasteiger partial charge in [-0.2, -0.15) is 0 Å². The number of benzene rings is 2. The summed E-state index contributed by atoms with van der Waals surface area (Å²) in [5.41, 5.74) is 24.3.